The Labute approximate surface area is 168 Å². The number of fused-ring (bicyclic) bond motifs is 1. The van der Waals surface area contributed by atoms with Crippen molar-refractivity contribution in [2.45, 2.75) is 19.3 Å². The first-order chi connectivity index (χ1) is 13.1. The van der Waals surface area contributed by atoms with E-state index in [2.05, 4.69) is 42.2 Å². The molecule has 0 aromatic heterocycles. The third-order valence-corrected chi connectivity index (χ3v) is 6.37. The highest BCUT2D eigenvalue weighted by atomic mass is 35.5. The molecule has 4 nitrogen and oxygen atoms in total. The van der Waals surface area contributed by atoms with E-state index in [-0.39, 0.29) is 11.8 Å². The zero-order chi connectivity index (χ0) is 19.0. The molecule has 0 spiro atoms. The number of allylic oxidation sites excluding steroid dienone is 1. The van der Waals surface area contributed by atoms with Gasteiger partial charge in [0.25, 0.3) is 0 Å². The van der Waals surface area contributed by atoms with Gasteiger partial charge in [-0.25, -0.2) is 0 Å². The molecule has 2 aromatic carbocycles. The van der Waals surface area contributed by atoms with Crippen LogP contribution in [0.25, 0.3) is 0 Å². The highest BCUT2D eigenvalue weighted by Gasteiger charge is 2.38. The molecule has 136 valence electrons. The number of aryl methyl sites for hydroxylation is 1. The molecule has 2 heterocycles. The summed E-state index contributed by atoms with van der Waals surface area (Å²) in [4.78, 5) is 16.8. The van der Waals surface area contributed by atoms with E-state index in [4.69, 9.17) is 11.6 Å². The molecule has 0 radical (unpaired) electrons. The zero-order valence-corrected chi connectivity index (χ0v) is 16.4. The van der Waals surface area contributed by atoms with Gasteiger partial charge in [-0.05, 0) is 36.8 Å². The van der Waals surface area contributed by atoms with Crippen LogP contribution < -0.4 is 4.90 Å². The first kappa shape index (κ1) is 18.0. The molecule has 1 amide bonds. The molecule has 6 heteroatoms. The lowest BCUT2D eigenvalue weighted by molar-refractivity contribution is -0.129. The van der Waals surface area contributed by atoms with Gasteiger partial charge in [0.05, 0.1) is 29.2 Å². The summed E-state index contributed by atoms with van der Waals surface area (Å²) in [6.07, 6.45) is 0.302. The van der Waals surface area contributed by atoms with Crippen LogP contribution in [0.1, 0.15) is 23.5 Å². The van der Waals surface area contributed by atoms with E-state index >= 15 is 0 Å². The van der Waals surface area contributed by atoms with E-state index in [0.29, 0.717) is 29.6 Å². The molecule has 2 aliphatic rings. The summed E-state index contributed by atoms with van der Waals surface area (Å²) in [6, 6.07) is 18.1. The van der Waals surface area contributed by atoms with Gasteiger partial charge >= 0.3 is 0 Å². The second kappa shape index (κ2) is 7.30. The Bertz CT molecular complexity index is 947. The molecule has 0 N–H and O–H groups in total. The van der Waals surface area contributed by atoms with Gasteiger partial charge in [-0.2, -0.15) is 5.26 Å². The average Bonchev–Trinajstić information content (AvgIpc) is 2.69. The Morgan fingerprint density at radius 2 is 1.85 bits per heavy atom. The van der Waals surface area contributed by atoms with Crippen LogP contribution in [-0.2, 0) is 4.79 Å². The van der Waals surface area contributed by atoms with Crippen molar-refractivity contribution in [3.8, 4) is 6.07 Å². The zero-order valence-electron chi connectivity index (χ0n) is 14.9. The Morgan fingerprint density at radius 3 is 2.52 bits per heavy atom. The van der Waals surface area contributed by atoms with Gasteiger partial charge in [-0.3, -0.25) is 9.69 Å². The smallest absolute Gasteiger partial charge is 0.229 e. The maximum Gasteiger partial charge on any atom is 0.229 e. The predicted molar refractivity (Wildman–Crippen MR) is 109 cm³/mol. The summed E-state index contributed by atoms with van der Waals surface area (Å²) in [5.41, 5.74) is 3.91. The van der Waals surface area contributed by atoms with Gasteiger partial charge < -0.3 is 4.90 Å². The number of carbonyl (C=O) groups excluding carboxylic acids is 1. The van der Waals surface area contributed by atoms with Crippen molar-refractivity contribution >= 4 is 35.0 Å². The number of hydrogen-bond acceptors (Lipinski definition) is 4. The van der Waals surface area contributed by atoms with Gasteiger partial charge in [0.2, 0.25) is 5.91 Å². The Balaban J connectivity index is 1.65. The largest absolute Gasteiger partial charge is 0.344 e. The molecule has 0 bridgehead atoms. The maximum absolute atomic E-state index is 12.9. The predicted octanol–water partition coefficient (Wildman–Crippen LogP) is 4.87. The van der Waals surface area contributed by atoms with Crippen LogP contribution >= 0.6 is 23.4 Å². The third-order valence-electron chi connectivity index (χ3n) is 4.97. The molecule has 1 saturated heterocycles. The quantitative estimate of drug-likeness (QED) is 0.727. The van der Waals surface area contributed by atoms with E-state index in [1.54, 1.807) is 28.8 Å². The second-order valence-corrected chi connectivity index (χ2v) is 8.12. The van der Waals surface area contributed by atoms with Crippen LogP contribution in [0.4, 0.5) is 5.69 Å². The average molecular weight is 396 g/mol. The van der Waals surface area contributed by atoms with E-state index in [0.717, 1.165) is 16.3 Å². The number of nitriles is 1. The summed E-state index contributed by atoms with van der Waals surface area (Å²) in [5.74, 6) is 0.554. The van der Waals surface area contributed by atoms with Crippen molar-refractivity contribution in [2.24, 2.45) is 0 Å². The summed E-state index contributed by atoms with van der Waals surface area (Å²) in [5, 5.41) is 11.3. The lowest BCUT2D eigenvalue weighted by Crippen LogP contribution is -2.47. The fourth-order valence-electron chi connectivity index (χ4n) is 3.46. The van der Waals surface area contributed by atoms with Crippen LogP contribution in [0.15, 0.2) is 59.1 Å². The third kappa shape index (κ3) is 3.43. The van der Waals surface area contributed by atoms with Crippen LogP contribution in [-0.4, -0.2) is 23.4 Å². The van der Waals surface area contributed by atoms with Crippen LogP contribution in [0.3, 0.4) is 0 Å². The number of anilines is 1. The van der Waals surface area contributed by atoms with Crippen molar-refractivity contribution in [3.63, 3.8) is 0 Å². The van der Waals surface area contributed by atoms with Gasteiger partial charge in [0.15, 0.2) is 0 Å². The number of thioether (sulfide) groups is 1. The number of amides is 1. The highest BCUT2D eigenvalue weighted by molar-refractivity contribution is 8.03. The molecule has 2 aromatic rings. The van der Waals surface area contributed by atoms with Gasteiger partial charge in [-0.15, -0.1) is 0 Å². The number of rotatable bonds is 2. The molecule has 0 saturated carbocycles. The number of benzene rings is 2. The molecule has 27 heavy (non-hydrogen) atoms. The van der Waals surface area contributed by atoms with Crippen LogP contribution in [0, 0.1) is 18.3 Å². The summed E-state index contributed by atoms with van der Waals surface area (Å²) in [7, 11) is 0. The summed E-state index contributed by atoms with van der Waals surface area (Å²) >= 11 is 7.54. The molecule has 4 rings (SSSR count). The molecule has 0 unspecified atom stereocenters. The molecule has 2 aliphatic heterocycles. The topological polar surface area (TPSA) is 47.3 Å². The summed E-state index contributed by atoms with van der Waals surface area (Å²) in [6.45, 7) is 2.53. The summed E-state index contributed by atoms with van der Waals surface area (Å²) < 4.78 is 0. The van der Waals surface area contributed by atoms with E-state index in [1.165, 1.54) is 5.56 Å². The molecular weight excluding hydrogens is 378 g/mol. The number of carbonyl (C=O) groups is 1. The molecule has 0 aliphatic carbocycles. The minimum atomic E-state index is -0.204. The number of halogens is 1. The Hall–Kier alpha value is -2.42. The first-order valence-corrected chi connectivity index (χ1v) is 10.1. The van der Waals surface area contributed by atoms with Crippen molar-refractivity contribution in [3.05, 3.63) is 75.3 Å². The first-order valence-electron chi connectivity index (χ1n) is 8.71. The lowest BCUT2D eigenvalue weighted by Gasteiger charge is -2.42. The van der Waals surface area contributed by atoms with Crippen molar-refractivity contribution in [2.75, 3.05) is 17.4 Å². The second-order valence-electron chi connectivity index (χ2n) is 6.75. The Kier molecular flexibility index (Phi) is 4.86. The lowest BCUT2D eigenvalue weighted by atomic mass is 9.86. The number of nitrogens with zero attached hydrogens (tertiary/aromatic N) is 3. The van der Waals surface area contributed by atoms with E-state index in [9.17, 15) is 10.1 Å². The van der Waals surface area contributed by atoms with Crippen LogP contribution in [0.2, 0.25) is 5.02 Å². The minimum absolute atomic E-state index is 0.0493. The normalized spacial score (nSPS) is 19.7. The molecule has 1 fully saturated rings. The van der Waals surface area contributed by atoms with E-state index in [1.807, 2.05) is 12.1 Å². The maximum atomic E-state index is 12.9. The minimum Gasteiger partial charge on any atom is -0.344 e. The highest BCUT2D eigenvalue weighted by Crippen LogP contribution is 2.43. The van der Waals surface area contributed by atoms with Crippen LogP contribution in [0.5, 0.6) is 0 Å². The number of hydrogen-bond donors (Lipinski definition) is 0. The fraction of sp³-hybridized carbons (Fsp3) is 0.238. The molecular formula is C21H18ClN3OS. The van der Waals surface area contributed by atoms with Crippen molar-refractivity contribution in [1.82, 2.24) is 4.90 Å². The monoisotopic (exact) mass is 395 g/mol. The molecule has 1 atom stereocenters. The van der Waals surface area contributed by atoms with Gasteiger partial charge in [0, 0.05) is 23.0 Å². The van der Waals surface area contributed by atoms with E-state index < -0.39 is 0 Å². The Morgan fingerprint density at radius 1 is 1.15 bits per heavy atom. The van der Waals surface area contributed by atoms with Crippen molar-refractivity contribution < 1.29 is 4.79 Å². The fourth-order valence-corrected chi connectivity index (χ4v) is 4.75. The standard InChI is InChI=1S/C21H18ClN3OS/c1-14-2-8-17(9-3-14)24-12-25-20(26)10-18(15-4-6-16(22)7-5-15)19(11-23)21(25)27-13-24/h2-9,18H,10,12-13H2,1H3/t18-/m0/s1. The van der Waals surface area contributed by atoms with Gasteiger partial charge in [-0.1, -0.05) is 53.2 Å². The SMILES string of the molecule is Cc1ccc(N2CSC3=C(C#N)[C@H](c4ccc(Cl)cc4)CC(=O)N3C2)cc1. The van der Waals surface area contributed by atoms with Gasteiger partial charge in [0.1, 0.15) is 0 Å². The van der Waals surface area contributed by atoms with Crippen molar-refractivity contribution in [1.29, 1.82) is 5.26 Å².